The SMILES string of the molecule is CC(=O)N[C@H]1[C@@H](OP(=O)([O-])O)O[C@H](CO)[C@@H](O)[C@@H]1O.[Na+]. The van der Waals surface area contributed by atoms with E-state index < -0.39 is 51.0 Å². The number of nitrogens with one attached hydrogen (secondary N) is 1. The van der Waals surface area contributed by atoms with Gasteiger partial charge in [0.15, 0.2) is 6.29 Å². The molecule has 0 saturated carbocycles. The van der Waals surface area contributed by atoms with Crippen LogP contribution in [0.3, 0.4) is 0 Å². The summed E-state index contributed by atoms with van der Waals surface area (Å²) in [5, 5.41) is 30.4. The maximum absolute atomic E-state index is 11.0. The van der Waals surface area contributed by atoms with Crippen molar-refractivity contribution in [1.82, 2.24) is 5.32 Å². The van der Waals surface area contributed by atoms with E-state index in [-0.39, 0.29) is 29.6 Å². The van der Waals surface area contributed by atoms with Crippen LogP contribution < -0.4 is 39.8 Å². The van der Waals surface area contributed by atoms with Crippen molar-refractivity contribution >= 4 is 13.7 Å². The van der Waals surface area contributed by atoms with Gasteiger partial charge in [0.05, 0.1) is 6.61 Å². The monoisotopic (exact) mass is 323 g/mol. The topological polar surface area (TPSA) is 169 Å². The van der Waals surface area contributed by atoms with Gasteiger partial charge in [0.2, 0.25) is 5.91 Å². The maximum atomic E-state index is 11.0. The number of hydrogen-bond acceptors (Lipinski definition) is 8. The summed E-state index contributed by atoms with van der Waals surface area (Å²) in [7, 11) is -5.20. The van der Waals surface area contributed by atoms with Crippen molar-refractivity contribution in [3.63, 3.8) is 0 Å². The number of ether oxygens (including phenoxy) is 1. The average molecular weight is 323 g/mol. The summed E-state index contributed by atoms with van der Waals surface area (Å²) in [6.07, 6.45) is -6.30. The number of aliphatic hydroxyl groups excluding tert-OH is 3. The van der Waals surface area contributed by atoms with Crippen molar-refractivity contribution < 1.29 is 73.3 Å². The predicted molar refractivity (Wildman–Crippen MR) is 56.3 cm³/mol. The van der Waals surface area contributed by atoms with Gasteiger partial charge in [0, 0.05) is 6.92 Å². The molecule has 0 spiro atoms. The van der Waals surface area contributed by atoms with E-state index in [2.05, 4.69) is 9.84 Å². The molecule has 0 aliphatic carbocycles. The zero-order valence-electron chi connectivity index (χ0n) is 10.9. The van der Waals surface area contributed by atoms with Crippen LogP contribution >= 0.6 is 7.82 Å². The summed E-state index contributed by atoms with van der Waals surface area (Å²) in [5.41, 5.74) is 0. The third kappa shape index (κ3) is 5.66. The predicted octanol–water partition coefficient (Wildman–Crippen LogP) is -6.59. The third-order valence-electron chi connectivity index (χ3n) is 2.49. The Labute approximate surface area is 136 Å². The van der Waals surface area contributed by atoms with Gasteiger partial charge in [-0.3, -0.25) is 13.9 Å². The minimum atomic E-state index is -5.20. The van der Waals surface area contributed by atoms with Gasteiger partial charge in [-0.1, -0.05) is 0 Å². The van der Waals surface area contributed by atoms with Crippen molar-refractivity contribution in [3.8, 4) is 0 Å². The Balaban J connectivity index is 0.00000361. The fourth-order valence-corrected chi connectivity index (χ4v) is 2.14. The first-order chi connectivity index (χ1) is 8.65. The van der Waals surface area contributed by atoms with Gasteiger partial charge >= 0.3 is 29.6 Å². The number of phosphoric acid groups is 1. The zero-order valence-corrected chi connectivity index (χ0v) is 13.8. The molecule has 1 aliphatic heterocycles. The van der Waals surface area contributed by atoms with E-state index in [0.717, 1.165) is 6.92 Å². The molecule has 20 heavy (non-hydrogen) atoms. The Bertz CT molecular complexity index is 377. The molecule has 1 amide bonds. The summed E-state index contributed by atoms with van der Waals surface area (Å²) in [4.78, 5) is 30.2. The number of aliphatic hydroxyl groups is 3. The second-order valence-electron chi connectivity index (χ2n) is 4.01. The Hall–Kier alpha value is 0.420. The van der Waals surface area contributed by atoms with Crippen LogP contribution in [0.4, 0.5) is 0 Å². The van der Waals surface area contributed by atoms with Crippen molar-refractivity contribution in [2.45, 2.75) is 37.6 Å². The molecule has 0 radical (unpaired) electrons. The molecule has 1 rings (SSSR count). The van der Waals surface area contributed by atoms with Gasteiger partial charge in [0.1, 0.15) is 24.4 Å². The molecule has 1 heterocycles. The van der Waals surface area contributed by atoms with Gasteiger partial charge in [-0.15, -0.1) is 0 Å². The van der Waals surface area contributed by atoms with Crippen LogP contribution in [0.2, 0.25) is 0 Å². The number of carbonyl (C=O) groups is 1. The molecule has 1 unspecified atom stereocenters. The van der Waals surface area contributed by atoms with Crippen LogP contribution in [0, 0.1) is 0 Å². The number of phosphoric ester groups is 1. The van der Waals surface area contributed by atoms with Gasteiger partial charge < -0.3 is 35.2 Å². The fourth-order valence-electron chi connectivity index (χ4n) is 1.69. The van der Waals surface area contributed by atoms with Gasteiger partial charge in [-0.25, -0.2) is 0 Å². The Morgan fingerprint density at radius 2 is 2.00 bits per heavy atom. The van der Waals surface area contributed by atoms with Crippen LogP contribution in [0.15, 0.2) is 0 Å². The molecular weight excluding hydrogens is 308 g/mol. The largest absolute Gasteiger partial charge is 1.00 e. The quantitative estimate of drug-likeness (QED) is 0.249. The van der Waals surface area contributed by atoms with E-state index in [4.69, 9.17) is 14.7 Å². The average Bonchev–Trinajstić information content (AvgIpc) is 2.26. The summed E-state index contributed by atoms with van der Waals surface area (Å²) in [6, 6.07) is -1.43. The molecule has 5 N–H and O–H groups in total. The molecule has 1 fully saturated rings. The Morgan fingerprint density at radius 1 is 1.45 bits per heavy atom. The van der Waals surface area contributed by atoms with E-state index in [1.807, 2.05) is 0 Å². The molecule has 0 bridgehead atoms. The Morgan fingerprint density at radius 3 is 2.40 bits per heavy atom. The third-order valence-corrected chi connectivity index (χ3v) is 2.96. The second kappa shape index (κ2) is 8.16. The molecular formula is C8H15NNaO9P. The first-order valence-electron chi connectivity index (χ1n) is 5.27. The maximum Gasteiger partial charge on any atom is 1.00 e. The summed E-state index contributed by atoms with van der Waals surface area (Å²) >= 11 is 0. The van der Waals surface area contributed by atoms with Crippen LogP contribution in [0.5, 0.6) is 0 Å². The van der Waals surface area contributed by atoms with Crippen LogP contribution in [0.25, 0.3) is 0 Å². The molecule has 1 aliphatic rings. The minimum Gasteiger partial charge on any atom is -0.756 e. The summed E-state index contributed by atoms with van der Waals surface area (Å²) in [6.45, 7) is 0.365. The molecule has 10 nitrogen and oxygen atoms in total. The molecule has 1 saturated heterocycles. The fraction of sp³-hybridized carbons (Fsp3) is 0.875. The molecule has 0 aromatic rings. The van der Waals surface area contributed by atoms with Gasteiger partial charge in [0.25, 0.3) is 7.82 Å². The van der Waals surface area contributed by atoms with Crippen LogP contribution in [0.1, 0.15) is 6.92 Å². The molecule has 6 atom stereocenters. The number of amides is 1. The minimum absolute atomic E-state index is 0. The normalized spacial score (nSPS) is 36.6. The van der Waals surface area contributed by atoms with Crippen molar-refractivity contribution in [2.24, 2.45) is 0 Å². The smallest absolute Gasteiger partial charge is 0.756 e. The van der Waals surface area contributed by atoms with Gasteiger partial charge in [-0.05, 0) is 0 Å². The molecule has 112 valence electrons. The van der Waals surface area contributed by atoms with Crippen LogP contribution in [-0.4, -0.2) is 63.4 Å². The zero-order chi connectivity index (χ0) is 14.8. The molecule has 0 aromatic heterocycles. The number of rotatable bonds is 4. The molecule has 12 heteroatoms. The summed E-state index contributed by atoms with van der Waals surface area (Å²) in [5.74, 6) is -0.644. The van der Waals surface area contributed by atoms with E-state index in [0.29, 0.717) is 0 Å². The number of carbonyl (C=O) groups excluding carboxylic acids is 1. The van der Waals surface area contributed by atoms with Crippen molar-refractivity contribution in [1.29, 1.82) is 0 Å². The Kier molecular flexibility index (Phi) is 8.33. The van der Waals surface area contributed by atoms with Crippen molar-refractivity contribution in [2.75, 3.05) is 6.61 Å². The van der Waals surface area contributed by atoms with Crippen LogP contribution in [-0.2, 0) is 18.6 Å². The first kappa shape index (κ1) is 20.4. The van der Waals surface area contributed by atoms with E-state index in [9.17, 15) is 24.5 Å². The second-order valence-corrected chi connectivity index (χ2v) is 5.15. The number of hydrogen-bond donors (Lipinski definition) is 5. The summed E-state index contributed by atoms with van der Waals surface area (Å²) < 4.78 is 19.7. The standard InChI is InChI=1S/C8H16NO9P.Na/c1-3(11)9-5-7(13)6(12)4(2-10)17-8(5)18-19(14,15)16;/h4-8,10,12-13H,2H2,1H3,(H,9,11)(H2,14,15,16);/q;+1/p-1/t4-,5-,6-,7-,8-;/m1./s1. The van der Waals surface area contributed by atoms with Gasteiger partial charge in [-0.2, -0.15) is 0 Å². The van der Waals surface area contributed by atoms with Crippen molar-refractivity contribution in [3.05, 3.63) is 0 Å². The van der Waals surface area contributed by atoms with E-state index >= 15 is 0 Å². The van der Waals surface area contributed by atoms with E-state index in [1.165, 1.54) is 0 Å². The first-order valence-corrected chi connectivity index (χ1v) is 6.77. The molecule has 0 aromatic carbocycles. The van der Waals surface area contributed by atoms with E-state index in [1.54, 1.807) is 0 Å².